The Balaban J connectivity index is 1.36. The van der Waals surface area contributed by atoms with Crippen molar-refractivity contribution in [2.75, 3.05) is 63.1 Å². The molecule has 12 heteroatoms. The van der Waals surface area contributed by atoms with E-state index in [4.69, 9.17) is 29.5 Å². The van der Waals surface area contributed by atoms with Crippen LogP contribution in [0.25, 0.3) is 5.65 Å². The average molecular weight is 694 g/mol. The van der Waals surface area contributed by atoms with Gasteiger partial charge in [0.15, 0.2) is 11.5 Å². The Labute approximate surface area is 301 Å². The summed E-state index contributed by atoms with van der Waals surface area (Å²) in [5.41, 5.74) is 4.99. The quantitative estimate of drug-likeness (QED) is 0.128. The molecule has 1 saturated heterocycles. The third kappa shape index (κ3) is 8.34. The first-order chi connectivity index (χ1) is 24.8. The van der Waals surface area contributed by atoms with Crippen molar-refractivity contribution in [3.05, 3.63) is 94.9 Å². The van der Waals surface area contributed by atoms with E-state index in [9.17, 15) is 5.11 Å². The van der Waals surface area contributed by atoms with E-state index in [0.29, 0.717) is 47.8 Å². The van der Waals surface area contributed by atoms with Crippen molar-refractivity contribution in [1.29, 1.82) is 0 Å². The Morgan fingerprint density at radius 1 is 0.922 bits per heavy atom. The van der Waals surface area contributed by atoms with Gasteiger partial charge >= 0.3 is 0 Å². The third-order valence-corrected chi connectivity index (χ3v) is 9.71. The zero-order valence-electron chi connectivity index (χ0n) is 30.7. The van der Waals surface area contributed by atoms with Crippen LogP contribution >= 0.6 is 0 Å². The first-order valence-corrected chi connectivity index (χ1v) is 17.8. The number of fused-ring (bicyclic) bond motifs is 1. The first kappa shape index (κ1) is 35.9. The molecule has 0 aliphatic carbocycles. The van der Waals surface area contributed by atoms with E-state index >= 15 is 0 Å². The fourth-order valence-electron chi connectivity index (χ4n) is 6.68. The number of imidazole rings is 1. The molecule has 0 bridgehead atoms. The number of piperidine rings is 1. The van der Waals surface area contributed by atoms with Crippen LogP contribution in [0.2, 0.25) is 0 Å². The molecule has 5 aromatic rings. The molecule has 2 aromatic carbocycles. The molecular weight excluding hydrogens is 642 g/mol. The van der Waals surface area contributed by atoms with E-state index in [0.717, 1.165) is 79.3 Å². The number of rotatable bonds is 15. The molecule has 1 fully saturated rings. The van der Waals surface area contributed by atoms with Crippen LogP contribution in [0, 0.1) is 6.92 Å². The molecule has 6 rings (SSSR count). The molecule has 12 nitrogen and oxygen atoms in total. The van der Waals surface area contributed by atoms with Gasteiger partial charge in [-0.15, -0.1) is 5.10 Å². The number of aliphatic hydroxyl groups is 1. The van der Waals surface area contributed by atoms with Gasteiger partial charge in [0, 0.05) is 50.5 Å². The highest BCUT2D eigenvalue weighted by atomic mass is 16.5. The Bertz CT molecular complexity index is 1820. The number of aromatic nitrogens is 5. The van der Waals surface area contributed by atoms with Gasteiger partial charge in [0.05, 0.1) is 26.1 Å². The minimum Gasteiger partial charge on any atom is -0.497 e. The average Bonchev–Trinajstić information content (AvgIpc) is 3.58. The van der Waals surface area contributed by atoms with Gasteiger partial charge < -0.3 is 34.6 Å². The first-order valence-electron chi connectivity index (χ1n) is 17.8. The van der Waals surface area contributed by atoms with Gasteiger partial charge in [0.2, 0.25) is 5.95 Å². The predicted octanol–water partition coefficient (Wildman–Crippen LogP) is 5.88. The number of anilines is 3. The smallest absolute Gasteiger partial charge is 0.243 e. The zero-order valence-corrected chi connectivity index (χ0v) is 30.7. The van der Waals surface area contributed by atoms with Crippen LogP contribution in [0.4, 0.5) is 17.6 Å². The lowest BCUT2D eigenvalue weighted by Gasteiger charge is -2.36. The Kier molecular flexibility index (Phi) is 11.5. The maximum Gasteiger partial charge on any atom is 0.243 e. The highest BCUT2D eigenvalue weighted by molar-refractivity contribution is 5.66. The Morgan fingerprint density at radius 2 is 1.55 bits per heavy atom. The number of pyridine rings is 1. The topological polar surface area (TPSA) is 116 Å². The lowest BCUT2D eigenvalue weighted by Crippen LogP contribution is -2.42. The van der Waals surface area contributed by atoms with Gasteiger partial charge in [-0.3, -0.25) is 0 Å². The van der Waals surface area contributed by atoms with E-state index in [2.05, 4.69) is 72.2 Å². The van der Waals surface area contributed by atoms with Crippen molar-refractivity contribution in [3.63, 3.8) is 0 Å². The lowest BCUT2D eigenvalue weighted by molar-refractivity contribution is 0.212. The molecule has 0 spiro atoms. The van der Waals surface area contributed by atoms with Gasteiger partial charge in [-0.05, 0) is 87.3 Å². The van der Waals surface area contributed by atoms with Crippen molar-refractivity contribution in [2.45, 2.75) is 64.8 Å². The predicted molar refractivity (Wildman–Crippen MR) is 202 cm³/mol. The van der Waals surface area contributed by atoms with Gasteiger partial charge in [0.1, 0.15) is 23.4 Å². The standard InChI is InChI=1S/C39H51N9O3/c1-7-8-19-40-39-43-38(47(25-28-9-13-32(50-5)14-10-28)26-29-11-15-33(51-6)16-12-29)37-42-24-34(48(37)44-39)35(49)30-22-27(2)36(41-23-30)46-20-17-31(18-21-46)45(3)4/h9-16,22-24,31,35,49H,7-8,17-21,25-26H2,1-6H3,(H,40,44). The summed E-state index contributed by atoms with van der Waals surface area (Å²) in [7, 11) is 7.64. The van der Waals surface area contributed by atoms with Crippen molar-refractivity contribution < 1.29 is 14.6 Å². The summed E-state index contributed by atoms with van der Waals surface area (Å²) in [6, 6.07) is 18.7. The number of ether oxygens (including phenoxy) is 2. The van der Waals surface area contributed by atoms with E-state index in [-0.39, 0.29) is 0 Å². The molecule has 1 aliphatic rings. The lowest BCUT2D eigenvalue weighted by atomic mass is 10.0. The highest BCUT2D eigenvalue weighted by Crippen LogP contribution is 2.31. The molecule has 4 heterocycles. The number of methoxy groups -OCH3 is 2. The summed E-state index contributed by atoms with van der Waals surface area (Å²) in [5.74, 6) is 3.69. The second kappa shape index (κ2) is 16.4. The number of unbranched alkanes of at least 4 members (excludes halogenated alkanes) is 1. The molecule has 3 aromatic heterocycles. The van der Waals surface area contributed by atoms with Crippen LogP contribution in [0.1, 0.15) is 66.7 Å². The number of benzene rings is 2. The normalized spacial score (nSPS) is 14.2. The van der Waals surface area contributed by atoms with Crippen molar-refractivity contribution in [3.8, 4) is 11.5 Å². The van der Waals surface area contributed by atoms with Gasteiger partial charge in [-0.1, -0.05) is 37.6 Å². The summed E-state index contributed by atoms with van der Waals surface area (Å²) < 4.78 is 12.6. The minimum absolute atomic E-state index is 0.470. The van der Waals surface area contributed by atoms with Crippen molar-refractivity contribution >= 4 is 23.2 Å². The molecule has 2 N–H and O–H groups in total. The fraction of sp³-hybridized carbons (Fsp3) is 0.436. The maximum absolute atomic E-state index is 11.9. The maximum atomic E-state index is 11.9. The zero-order chi connectivity index (χ0) is 35.9. The number of aliphatic hydroxyl groups excluding tert-OH is 1. The van der Waals surface area contributed by atoms with Crippen LogP contribution in [0.15, 0.2) is 67.0 Å². The van der Waals surface area contributed by atoms with Gasteiger partial charge in [-0.2, -0.15) is 4.98 Å². The molecule has 0 amide bonds. The largest absolute Gasteiger partial charge is 0.497 e. The monoisotopic (exact) mass is 693 g/mol. The fourth-order valence-corrected chi connectivity index (χ4v) is 6.68. The summed E-state index contributed by atoms with van der Waals surface area (Å²) in [6.07, 6.45) is 6.70. The molecule has 1 atom stereocenters. The number of hydrogen-bond donors (Lipinski definition) is 2. The Hall–Kier alpha value is -4.94. The second-order valence-corrected chi connectivity index (χ2v) is 13.5. The van der Waals surface area contributed by atoms with Crippen LogP contribution < -0.4 is 24.6 Å². The van der Waals surface area contributed by atoms with Crippen LogP contribution in [-0.4, -0.2) is 88.6 Å². The molecule has 51 heavy (non-hydrogen) atoms. The number of nitrogens with one attached hydrogen (secondary N) is 1. The minimum atomic E-state index is -0.998. The SMILES string of the molecule is CCCCNc1nc(N(Cc2ccc(OC)cc2)Cc2ccc(OC)cc2)c2ncc(C(O)c3cnc(N4CCC(N(C)C)CC4)c(C)c3)n2n1. The number of aryl methyl sites for hydroxylation is 1. The molecule has 1 aliphatic heterocycles. The van der Waals surface area contributed by atoms with E-state index < -0.39 is 6.10 Å². The third-order valence-electron chi connectivity index (χ3n) is 9.71. The molecular formula is C39H51N9O3. The highest BCUT2D eigenvalue weighted by Gasteiger charge is 2.26. The van der Waals surface area contributed by atoms with E-state index in [1.54, 1.807) is 31.1 Å². The number of hydrogen-bond acceptors (Lipinski definition) is 11. The summed E-state index contributed by atoms with van der Waals surface area (Å²) >= 11 is 0. The van der Waals surface area contributed by atoms with E-state index in [1.165, 1.54) is 0 Å². The van der Waals surface area contributed by atoms with Gasteiger partial charge in [0.25, 0.3) is 0 Å². The summed E-state index contributed by atoms with van der Waals surface area (Å²) in [5, 5.41) is 20.2. The van der Waals surface area contributed by atoms with Gasteiger partial charge in [-0.25, -0.2) is 14.5 Å². The van der Waals surface area contributed by atoms with E-state index in [1.807, 2.05) is 30.3 Å². The molecule has 0 radical (unpaired) electrons. The van der Waals surface area contributed by atoms with Crippen LogP contribution in [0.3, 0.4) is 0 Å². The second-order valence-electron chi connectivity index (χ2n) is 13.5. The Morgan fingerprint density at radius 3 is 2.10 bits per heavy atom. The summed E-state index contributed by atoms with van der Waals surface area (Å²) in [4.78, 5) is 21.6. The van der Waals surface area contributed by atoms with Crippen LogP contribution in [-0.2, 0) is 13.1 Å². The molecule has 0 saturated carbocycles. The van der Waals surface area contributed by atoms with Crippen molar-refractivity contribution in [1.82, 2.24) is 29.5 Å². The molecule has 1 unspecified atom stereocenters. The number of nitrogens with zero attached hydrogens (tertiary/aromatic N) is 8. The molecule has 270 valence electrons. The van der Waals surface area contributed by atoms with Crippen LogP contribution in [0.5, 0.6) is 11.5 Å². The summed E-state index contributed by atoms with van der Waals surface area (Å²) in [6.45, 7) is 7.97. The van der Waals surface area contributed by atoms with Crippen molar-refractivity contribution in [2.24, 2.45) is 0 Å².